The summed E-state index contributed by atoms with van der Waals surface area (Å²) in [6, 6.07) is 17.8. The summed E-state index contributed by atoms with van der Waals surface area (Å²) in [6.45, 7) is -0.0517. The molecule has 1 fully saturated rings. The van der Waals surface area contributed by atoms with Gasteiger partial charge >= 0.3 is 5.97 Å². The zero-order chi connectivity index (χ0) is 26.8. The predicted octanol–water partition coefficient (Wildman–Crippen LogP) is 5.51. The molecular weight excluding hydrogens is 574 g/mol. The summed E-state index contributed by atoms with van der Waals surface area (Å²) in [4.78, 5) is 51.0. The molecule has 2 aromatic carbocycles. The smallest absolute Gasteiger partial charge is 0.373 e. The number of nitrogens with zero attached hydrogens (tertiary/aromatic N) is 2. The van der Waals surface area contributed by atoms with E-state index in [4.69, 9.17) is 9.15 Å². The van der Waals surface area contributed by atoms with E-state index in [1.807, 2.05) is 35.0 Å². The van der Waals surface area contributed by atoms with Crippen LogP contribution in [0.2, 0.25) is 0 Å². The first-order valence-corrected chi connectivity index (χ1v) is 13.0. The fourth-order valence-corrected chi connectivity index (χ4v) is 5.11. The monoisotopic (exact) mass is 593 g/mol. The van der Waals surface area contributed by atoms with E-state index in [0.29, 0.717) is 18.0 Å². The maximum absolute atomic E-state index is 13.0. The molecule has 0 atom stereocenters. The van der Waals surface area contributed by atoms with Crippen LogP contribution in [0.25, 0.3) is 17.0 Å². The number of nitrogens with one attached hydrogen (secondary N) is 1. The number of fused-ring (bicyclic) bond motifs is 1. The Labute approximate surface area is 229 Å². The number of anilines is 1. The van der Waals surface area contributed by atoms with E-state index in [1.165, 1.54) is 7.11 Å². The molecule has 1 aliphatic heterocycles. The van der Waals surface area contributed by atoms with E-state index in [1.54, 1.807) is 42.5 Å². The van der Waals surface area contributed by atoms with Crippen molar-refractivity contribution in [2.24, 2.45) is 0 Å². The van der Waals surface area contributed by atoms with E-state index >= 15 is 0 Å². The molecule has 3 amide bonds. The minimum atomic E-state index is -0.560. The Hall–Kier alpha value is -4.09. The molecule has 9 nitrogen and oxygen atoms in total. The van der Waals surface area contributed by atoms with Gasteiger partial charge in [0, 0.05) is 32.8 Å². The van der Waals surface area contributed by atoms with Crippen LogP contribution in [0.3, 0.4) is 0 Å². The average Bonchev–Trinajstić information content (AvgIpc) is 3.59. The second-order valence-corrected chi connectivity index (χ2v) is 10.2. The minimum Gasteiger partial charge on any atom is -0.463 e. The second-order valence-electron chi connectivity index (χ2n) is 8.31. The second kappa shape index (κ2) is 10.7. The van der Waals surface area contributed by atoms with Crippen LogP contribution < -0.4 is 5.32 Å². The van der Waals surface area contributed by atoms with Gasteiger partial charge in [-0.3, -0.25) is 19.3 Å². The topological polar surface area (TPSA) is 111 Å². The molecule has 0 saturated carbocycles. The Balaban J connectivity index is 1.36. The number of carbonyl (C=O) groups is 4. The molecule has 5 rings (SSSR count). The third-order valence-electron chi connectivity index (χ3n) is 5.78. The van der Waals surface area contributed by atoms with E-state index in [-0.39, 0.29) is 17.2 Å². The number of furan rings is 1. The molecule has 1 saturated heterocycles. The molecule has 0 bridgehead atoms. The fourth-order valence-electron chi connectivity index (χ4n) is 4.02. The third-order valence-corrected chi connectivity index (χ3v) is 7.22. The van der Waals surface area contributed by atoms with Crippen LogP contribution in [-0.4, -0.2) is 46.1 Å². The highest BCUT2D eigenvalue weighted by atomic mass is 79.9. The first-order valence-electron chi connectivity index (χ1n) is 11.4. The van der Waals surface area contributed by atoms with Gasteiger partial charge in [-0.05, 0) is 60.3 Å². The number of imide groups is 1. The van der Waals surface area contributed by atoms with Crippen molar-refractivity contribution < 1.29 is 28.3 Å². The molecule has 38 heavy (non-hydrogen) atoms. The van der Waals surface area contributed by atoms with Gasteiger partial charge in [0.2, 0.25) is 11.7 Å². The molecular formula is C27H20BrN3O6S. The summed E-state index contributed by atoms with van der Waals surface area (Å²) in [7, 11) is 1.28. The molecule has 0 spiro atoms. The van der Waals surface area contributed by atoms with Crippen LogP contribution in [-0.2, 0) is 20.9 Å². The summed E-state index contributed by atoms with van der Waals surface area (Å²) in [5.74, 6) is -0.906. The maximum Gasteiger partial charge on any atom is 0.373 e. The SMILES string of the molecule is COC(=O)c1ccc(Cn2cc(/C=C3\SC(=O)N(CC(=O)Nc4ccc(Br)cc4)C3=O)c3ccccc32)o1. The van der Waals surface area contributed by atoms with Gasteiger partial charge < -0.3 is 19.0 Å². The van der Waals surface area contributed by atoms with Gasteiger partial charge in [-0.15, -0.1) is 0 Å². The number of benzene rings is 2. The van der Waals surface area contributed by atoms with Crippen molar-refractivity contribution in [3.63, 3.8) is 0 Å². The number of carbonyl (C=O) groups excluding carboxylic acids is 4. The highest BCUT2D eigenvalue weighted by Crippen LogP contribution is 2.34. The quantitative estimate of drug-likeness (QED) is 0.222. The van der Waals surface area contributed by atoms with Gasteiger partial charge in [0.15, 0.2) is 0 Å². The maximum atomic E-state index is 13.0. The molecule has 1 aliphatic rings. The summed E-state index contributed by atoms with van der Waals surface area (Å²) in [5.41, 5.74) is 2.16. The van der Waals surface area contributed by atoms with Crippen LogP contribution in [0, 0.1) is 0 Å². The van der Waals surface area contributed by atoms with Crippen LogP contribution >= 0.6 is 27.7 Å². The Morgan fingerprint density at radius 1 is 1.08 bits per heavy atom. The molecule has 4 aromatic rings. The molecule has 192 valence electrons. The van der Waals surface area contributed by atoms with Crippen LogP contribution in [0.4, 0.5) is 10.5 Å². The van der Waals surface area contributed by atoms with E-state index in [9.17, 15) is 19.2 Å². The third kappa shape index (κ3) is 5.29. The molecule has 2 aromatic heterocycles. The van der Waals surface area contributed by atoms with E-state index < -0.39 is 23.0 Å². The van der Waals surface area contributed by atoms with Crippen molar-refractivity contribution in [3.8, 4) is 0 Å². The van der Waals surface area contributed by atoms with Gasteiger partial charge in [0.05, 0.1) is 18.6 Å². The molecule has 11 heteroatoms. The first-order chi connectivity index (χ1) is 18.3. The zero-order valence-electron chi connectivity index (χ0n) is 20.0. The number of esters is 1. The summed E-state index contributed by atoms with van der Waals surface area (Å²) < 4.78 is 13.1. The number of methoxy groups -OCH3 is 1. The normalized spacial score (nSPS) is 14.5. The van der Waals surface area contributed by atoms with Gasteiger partial charge in [-0.1, -0.05) is 34.1 Å². The first kappa shape index (κ1) is 25.6. The van der Waals surface area contributed by atoms with Crippen molar-refractivity contribution >= 4 is 73.4 Å². The largest absolute Gasteiger partial charge is 0.463 e. The Morgan fingerprint density at radius 2 is 1.84 bits per heavy atom. The fraction of sp³-hybridized carbons (Fsp3) is 0.111. The zero-order valence-corrected chi connectivity index (χ0v) is 22.4. The lowest BCUT2D eigenvalue weighted by molar-refractivity contribution is -0.127. The summed E-state index contributed by atoms with van der Waals surface area (Å²) >= 11 is 4.12. The minimum absolute atomic E-state index is 0.108. The van der Waals surface area contributed by atoms with Crippen LogP contribution in [0.1, 0.15) is 21.9 Å². The van der Waals surface area contributed by atoms with Crippen LogP contribution in [0.5, 0.6) is 0 Å². The van der Waals surface area contributed by atoms with Crippen molar-refractivity contribution in [2.75, 3.05) is 19.0 Å². The number of thioether (sulfide) groups is 1. The van der Waals surface area contributed by atoms with Gasteiger partial charge in [0.1, 0.15) is 12.3 Å². The summed E-state index contributed by atoms with van der Waals surface area (Å²) in [5, 5.41) is 3.04. The van der Waals surface area contributed by atoms with E-state index in [0.717, 1.165) is 37.6 Å². The lowest BCUT2D eigenvalue weighted by atomic mass is 10.1. The summed E-state index contributed by atoms with van der Waals surface area (Å²) in [6.07, 6.45) is 3.50. The van der Waals surface area contributed by atoms with Crippen molar-refractivity contribution in [2.45, 2.75) is 6.54 Å². The standard InChI is InChI=1S/C27H20BrN3O6S/c1-36-26(34)22-11-10-19(37-22)14-30-13-16(20-4-2-3-5-21(20)30)12-23-25(33)31(27(35)38-23)15-24(32)29-18-8-6-17(28)7-9-18/h2-13H,14-15H2,1H3,(H,29,32)/b23-12-. The predicted molar refractivity (Wildman–Crippen MR) is 147 cm³/mol. The number of aromatic nitrogens is 1. The molecule has 3 heterocycles. The number of rotatable bonds is 7. The van der Waals surface area contributed by atoms with Crippen molar-refractivity contribution in [1.82, 2.24) is 9.47 Å². The lowest BCUT2D eigenvalue weighted by Crippen LogP contribution is -2.36. The number of hydrogen-bond donors (Lipinski definition) is 1. The van der Waals surface area contributed by atoms with E-state index in [2.05, 4.69) is 21.2 Å². The van der Waals surface area contributed by atoms with Gasteiger partial charge in [-0.2, -0.15) is 0 Å². The van der Waals surface area contributed by atoms with Crippen LogP contribution in [0.15, 0.2) is 80.7 Å². The number of para-hydroxylation sites is 1. The van der Waals surface area contributed by atoms with Crippen molar-refractivity contribution in [3.05, 3.63) is 93.3 Å². The molecule has 0 unspecified atom stereocenters. The molecule has 1 N–H and O–H groups in total. The number of hydrogen-bond acceptors (Lipinski definition) is 7. The molecule has 0 radical (unpaired) electrons. The Morgan fingerprint density at radius 3 is 2.61 bits per heavy atom. The highest BCUT2D eigenvalue weighted by Gasteiger charge is 2.36. The van der Waals surface area contributed by atoms with Gasteiger partial charge in [-0.25, -0.2) is 4.79 Å². The average molecular weight is 594 g/mol. The Kier molecular flexibility index (Phi) is 7.21. The lowest BCUT2D eigenvalue weighted by Gasteiger charge is -2.12. The number of halogens is 1. The van der Waals surface area contributed by atoms with Crippen molar-refractivity contribution in [1.29, 1.82) is 0 Å². The number of ether oxygens (including phenoxy) is 1. The Bertz CT molecular complexity index is 1600. The number of amides is 3. The highest BCUT2D eigenvalue weighted by molar-refractivity contribution is 9.10. The van der Waals surface area contributed by atoms with Gasteiger partial charge in [0.25, 0.3) is 11.1 Å². The molecule has 0 aliphatic carbocycles.